The third-order valence-corrected chi connectivity index (χ3v) is 5.93. The van der Waals surface area contributed by atoms with Crippen LogP contribution < -0.4 is 0 Å². The molecule has 1 amide bonds. The number of amides is 1. The van der Waals surface area contributed by atoms with E-state index >= 15 is 0 Å². The number of carbonyl (C=O) groups is 2. The fourth-order valence-corrected chi connectivity index (χ4v) is 4.63. The molecule has 6 nitrogen and oxygen atoms in total. The first-order valence-electron chi connectivity index (χ1n) is 9.79. The van der Waals surface area contributed by atoms with Crippen molar-refractivity contribution in [3.8, 4) is 0 Å². The van der Waals surface area contributed by atoms with Gasteiger partial charge in [-0.15, -0.1) is 0 Å². The average molecular weight is 375 g/mol. The lowest BCUT2D eigenvalue weighted by molar-refractivity contribution is -0.135. The van der Waals surface area contributed by atoms with E-state index < -0.39 is 6.04 Å². The Hall–Kier alpha value is -3.02. The summed E-state index contributed by atoms with van der Waals surface area (Å²) in [6.45, 7) is 0.366. The zero-order valence-electron chi connectivity index (χ0n) is 15.5. The van der Waals surface area contributed by atoms with Crippen molar-refractivity contribution in [2.45, 2.75) is 44.4 Å². The summed E-state index contributed by atoms with van der Waals surface area (Å²) in [4.78, 5) is 36.8. The Labute approximate surface area is 163 Å². The lowest BCUT2D eigenvalue weighted by Gasteiger charge is -2.35. The Balaban J connectivity index is 1.58. The third-order valence-electron chi connectivity index (χ3n) is 5.93. The Bertz CT molecular complexity index is 942. The van der Waals surface area contributed by atoms with E-state index in [0.717, 1.165) is 36.8 Å². The van der Waals surface area contributed by atoms with Crippen molar-refractivity contribution < 1.29 is 14.3 Å². The average Bonchev–Trinajstić information content (AvgIpc) is 3.02. The zero-order chi connectivity index (χ0) is 19.1. The van der Waals surface area contributed by atoms with Crippen LogP contribution in [0.1, 0.15) is 42.9 Å². The van der Waals surface area contributed by atoms with Gasteiger partial charge in [-0.1, -0.05) is 18.6 Å². The number of pyridine rings is 2. The molecule has 142 valence electrons. The van der Waals surface area contributed by atoms with E-state index in [9.17, 15) is 9.59 Å². The van der Waals surface area contributed by atoms with Crippen molar-refractivity contribution >= 4 is 11.7 Å². The number of rotatable bonds is 3. The predicted octanol–water partition coefficient (Wildman–Crippen LogP) is 2.97. The molecule has 4 heterocycles. The fraction of sp³-hybridized carbons (Fsp3) is 0.364. The summed E-state index contributed by atoms with van der Waals surface area (Å²) in [6.07, 6.45) is 10.4. The van der Waals surface area contributed by atoms with E-state index in [1.807, 2.05) is 24.3 Å². The molecule has 28 heavy (non-hydrogen) atoms. The highest BCUT2D eigenvalue weighted by Gasteiger charge is 2.51. The molecule has 1 fully saturated rings. The van der Waals surface area contributed by atoms with E-state index in [2.05, 4.69) is 9.97 Å². The highest BCUT2D eigenvalue weighted by Crippen LogP contribution is 2.46. The quantitative estimate of drug-likeness (QED) is 0.825. The van der Waals surface area contributed by atoms with Crippen molar-refractivity contribution in [3.05, 3.63) is 71.5 Å². The number of ether oxygens (including phenoxy) is 1. The lowest BCUT2D eigenvalue weighted by atomic mass is 9.78. The molecule has 0 saturated heterocycles. The first-order chi connectivity index (χ1) is 13.7. The first kappa shape index (κ1) is 17.1. The molecule has 5 rings (SSSR count). The third kappa shape index (κ3) is 2.71. The van der Waals surface area contributed by atoms with Gasteiger partial charge in [-0.3, -0.25) is 19.6 Å². The number of fused-ring (bicyclic) bond motifs is 1. The zero-order valence-corrected chi connectivity index (χ0v) is 15.5. The van der Waals surface area contributed by atoms with E-state index in [0.29, 0.717) is 12.1 Å². The molecule has 3 atom stereocenters. The lowest BCUT2D eigenvalue weighted by Crippen LogP contribution is -2.39. The molecular formula is C22H21N3O3. The van der Waals surface area contributed by atoms with Gasteiger partial charge < -0.3 is 9.64 Å². The smallest absolute Gasteiger partial charge is 0.290 e. The Morgan fingerprint density at radius 1 is 1.04 bits per heavy atom. The Morgan fingerprint density at radius 2 is 1.82 bits per heavy atom. The highest BCUT2D eigenvalue weighted by atomic mass is 16.5. The second kappa shape index (κ2) is 6.86. The molecule has 0 N–H and O–H groups in total. The molecule has 1 aliphatic carbocycles. The molecular weight excluding hydrogens is 354 g/mol. The number of hydrogen-bond donors (Lipinski definition) is 0. The maximum Gasteiger partial charge on any atom is 0.290 e. The second-order valence-corrected chi connectivity index (χ2v) is 7.64. The van der Waals surface area contributed by atoms with Gasteiger partial charge >= 0.3 is 0 Å². The van der Waals surface area contributed by atoms with E-state index in [-0.39, 0.29) is 29.5 Å². The van der Waals surface area contributed by atoms with Gasteiger partial charge in [0.25, 0.3) is 5.91 Å². The maximum atomic E-state index is 13.4. The number of nitrogens with zero attached hydrogens (tertiary/aromatic N) is 3. The summed E-state index contributed by atoms with van der Waals surface area (Å²) in [5.74, 6) is -0.0457. The van der Waals surface area contributed by atoms with Crippen LogP contribution in [-0.4, -0.2) is 32.7 Å². The number of carbonyl (C=O) groups excluding carboxylic acids is 2. The van der Waals surface area contributed by atoms with Gasteiger partial charge in [-0.2, -0.15) is 0 Å². The van der Waals surface area contributed by atoms with Crippen LogP contribution in [0, 0.1) is 5.92 Å². The second-order valence-electron chi connectivity index (χ2n) is 7.64. The summed E-state index contributed by atoms with van der Waals surface area (Å²) in [7, 11) is 0. The molecule has 2 aliphatic heterocycles. The molecule has 0 spiro atoms. The van der Waals surface area contributed by atoms with Crippen molar-refractivity contribution in [2.75, 3.05) is 0 Å². The van der Waals surface area contributed by atoms with Crippen LogP contribution in [0.3, 0.4) is 0 Å². The van der Waals surface area contributed by atoms with Gasteiger partial charge in [-0.05, 0) is 42.5 Å². The maximum absolute atomic E-state index is 13.4. The molecule has 0 radical (unpaired) electrons. The van der Waals surface area contributed by atoms with Crippen LogP contribution in [0.25, 0.3) is 0 Å². The minimum absolute atomic E-state index is 0.0711. The molecule has 6 heteroatoms. The number of ketones is 1. The SMILES string of the molecule is O=C1C2=C(OC3CCCCC13)C(=O)N(Cc1cccnc1)C2c1cccnc1. The highest BCUT2D eigenvalue weighted by molar-refractivity contribution is 6.11. The van der Waals surface area contributed by atoms with Crippen LogP contribution in [0.4, 0.5) is 0 Å². The minimum Gasteiger partial charge on any atom is -0.483 e. The number of aromatic nitrogens is 2. The van der Waals surface area contributed by atoms with Gasteiger partial charge in [0.1, 0.15) is 6.10 Å². The molecule has 0 bridgehead atoms. The standard InChI is InChI=1S/C22H21N3O3/c26-20-16-7-1-2-8-17(16)28-21-18(20)19(15-6-4-10-24-12-15)25(22(21)27)13-14-5-3-9-23-11-14/h3-6,9-12,16-17,19H,1-2,7-8,13H2. The van der Waals surface area contributed by atoms with Crippen molar-refractivity contribution in [2.24, 2.45) is 5.92 Å². The molecule has 3 aliphatic rings. The minimum atomic E-state index is -0.466. The van der Waals surface area contributed by atoms with Crippen molar-refractivity contribution in [1.82, 2.24) is 14.9 Å². The van der Waals surface area contributed by atoms with Crippen molar-refractivity contribution in [3.63, 3.8) is 0 Å². The van der Waals surface area contributed by atoms with Gasteiger partial charge in [0, 0.05) is 31.3 Å². The van der Waals surface area contributed by atoms with E-state index in [1.165, 1.54) is 0 Å². The number of hydrogen-bond acceptors (Lipinski definition) is 5. The summed E-state index contributed by atoms with van der Waals surface area (Å²) in [5.41, 5.74) is 2.25. The van der Waals surface area contributed by atoms with Gasteiger partial charge in [0.05, 0.1) is 17.5 Å². The van der Waals surface area contributed by atoms with Crippen molar-refractivity contribution in [1.29, 1.82) is 0 Å². The summed E-state index contributed by atoms with van der Waals surface area (Å²) in [5, 5.41) is 0. The topological polar surface area (TPSA) is 72.4 Å². The monoisotopic (exact) mass is 375 g/mol. The predicted molar refractivity (Wildman–Crippen MR) is 101 cm³/mol. The van der Waals surface area contributed by atoms with E-state index in [4.69, 9.17) is 4.74 Å². The fourth-order valence-electron chi connectivity index (χ4n) is 4.63. The van der Waals surface area contributed by atoms with Crippen LogP contribution in [0.5, 0.6) is 0 Å². The van der Waals surface area contributed by atoms with Crippen LogP contribution >= 0.6 is 0 Å². The van der Waals surface area contributed by atoms with Gasteiger partial charge in [0.2, 0.25) is 0 Å². The molecule has 0 aromatic carbocycles. The van der Waals surface area contributed by atoms with E-state index in [1.54, 1.807) is 29.7 Å². The Kier molecular flexibility index (Phi) is 4.19. The van der Waals surface area contributed by atoms with Crippen LogP contribution in [-0.2, 0) is 20.9 Å². The normalized spacial score (nSPS) is 26.7. The first-order valence-corrected chi connectivity index (χ1v) is 9.79. The van der Waals surface area contributed by atoms with Gasteiger partial charge in [0.15, 0.2) is 11.5 Å². The van der Waals surface area contributed by atoms with Gasteiger partial charge in [-0.25, -0.2) is 0 Å². The van der Waals surface area contributed by atoms with Crippen LogP contribution in [0.15, 0.2) is 60.4 Å². The summed E-state index contributed by atoms with van der Waals surface area (Å²) in [6, 6.07) is 7.06. The molecule has 2 aromatic rings. The van der Waals surface area contributed by atoms with Crippen LogP contribution in [0.2, 0.25) is 0 Å². The Morgan fingerprint density at radius 3 is 2.57 bits per heavy atom. The largest absolute Gasteiger partial charge is 0.483 e. The number of Topliss-reactive ketones (excluding diaryl/α,β-unsaturated/α-hetero) is 1. The molecule has 2 aromatic heterocycles. The summed E-state index contributed by atoms with van der Waals surface area (Å²) < 4.78 is 6.15. The summed E-state index contributed by atoms with van der Waals surface area (Å²) >= 11 is 0. The molecule has 1 saturated carbocycles. The molecule has 3 unspecified atom stereocenters.